The van der Waals surface area contributed by atoms with Gasteiger partial charge < -0.3 is 15.5 Å². The van der Waals surface area contributed by atoms with E-state index < -0.39 is 0 Å². The molecule has 0 aliphatic heterocycles. The number of hydrogen-bond acceptors (Lipinski definition) is 3. The van der Waals surface area contributed by atoms with E-state index >= 15 is 0 Å². The lowest BCUT2D eigenvalue weighted by Gasteiger charge is -2.22. The molecule has 1 fully saturated rings. The van der Waals surface area contributed by atoms with Crippen molar-refractivity contribution in [1.29, 1.82) is 0 Å². The van der Waals surface area contributed by atoms with E-state index in [1.165, 1.54) is 9.80 Å². The molecule has 1 aliphatic carbocycles. The van der Waals surface area contributed by atoms with Crippen LogP contribution in [0.25, 0.3) is 0 Å². The molecule has 0 heterocycles. The summed E-state index contributed by atoms with van der Waals surface area (Å²) in [7, 11) is 5.05. The molecule has 1 rings (SSSR count). The first-order chi connectivity index (χ1) is 7.91. The zero-order valence-electron chi connectivity index (χ0n) is 11.4. The van der Waals surface area contributed by atoms with E-state index in [1.807, 2.05) is 0 Å². The van der Waals surface area contributed by atoms with Crippen LogP contribution >= 0.6 is 12.4 Å². The molecule has 1 aliphatic rings. The molecule has 18 heavy (non-hydrogen) atoms. The molecule has 0 radical (unpaired) electrons. The number of nitrogens with zero attached hydrogens (tertiary/aromatic N) is 2. The fourth-order valence-corrected chi connectivity index (χ4v) is 2.13. The standard InChI is InChI=1S/C12H23N3O2.ClH/c1-14(2)12(17)8-15(3)11(16)7-9-5-4-6-10(9)13;/h9-10H,4-8,13H2,1-3H3;1H/t9-,10+;/m0./s1. The normalized spacial score (nSPS) is 22.2. The van der Waals surface area contributed by atoms with Gasteiger partial charge in [0.1, 0.15) is 0 Å². The third-order valence-electron chi connectivity index (χ3n) is 3.45. The summed E-state index contributed by atoms with van der Waals surface area (Å²) in [6, 6.07) is 0.150. The van der Waals surface area contributed by atoms with Crippen LogP contribution in [0.4, 0.5) is 0 Å². The molecule has 0 unspecified atom stereocenters. The topological polar surface area (TPSA) is 66.6 Å². The number of rotatable bonds is 4. The summed E-state index contributed by atoms with van der Waals surface area (Å²) in [6.07, 6.45) is 3.62. The molecular weight excluding hydrogens is 254 g/mol. The number of hydrogen-bond donors (Lipinski definition) is 1. The second-order valence-corrected chi connectivity index (χ2v) is 5.10. The Labute approximate surface area is 115 Å². The fourth-order valence-electron chi connectivity index (χ4n) is 2.13. The predicted octanol–water partition coefficient (Wildman–Crippen LogP) is 0.472. The van der Waals surface area contributed by atoms with Gasteiger partial charge in [-0.3, -0.25) is 9.59 Å². The van der Waals surface area contributed by atoms with Crippen LogP contribution < -0.4 is 5.73 Å². The SMILES string of the molecule is CN(C)C(=O)CN(C)C(=O)C[C@@H]1CCC[C@H]1N.Cl. The summed E-state index contributed by atoms with van der Waals surface area (Å²) >= 11 is 0. The highest BCUT2D eigenvalue weighted by Gasteiger charge is 2.27. The van der Waals surface area contributed by atoms with Crippen LogP contribution in [0.2, 0.25) is 0 Å². The Kier molecular flexibility index (Phi) is 7.25. The molecule has 2 N–H and O–H groups in total. The summed E-state index contributed by atoms with van der Waals surface area (Å²) in [5.41, 5.74) is 5.93. The highest BCUT2D eigenvalue weighted by Crippen LogP contribution is 2.27. The average Bonchev–Trinajstić information content (AvgIpc) is 2.64. The molecule has 2 atom stereocenters. The van der Waals surface area contributed by atoms with Gasteiger partial charge in [0.15, 0.2) is 0 Å². The van der Waals surface area contributed by atoms with Gasteiger partial charge in [-0.1, -0.05) is 6.42 Å². The summed E-state index contributed by atoms with van der Waals surface area (Å²) in [5.74, 6) is 0.249. The smallest absolute Gasteiger partial charge is 0.241 e. The first kappa shape index (κ1) is 17.2. The van der Waals surface area contributed by atoms with Crippen LogP contribution in [0, 0.1) is 5.92 Å². The second kappa shape index (κ2) is 7.59. The molecule has 2 amide bonds. The fraction of sp³-hybridized carbons (Fsp3) is 0.833. The van der Waals surface area contributed by atoms with Gasteiger partial charge in [0.05, 0.1) is 6.54 Å². The Balaban J connectivity index is 0.00000289. The van der Waals surface area contributed by atoms with Crippen LogP contribution in [0.3, 0.4) is 0 Å². The minimum absolute atomic E-state index is 0. The zero-order chi connectivity index (χ0) is 13.0. The lowest BCUT2D eigenvalue weighted by Crippen LogP contribution is -2.39. The Morgan fingerprint density at radius 2 is 1.78 bits per heavy atom. The number of likely N-dealkylation sites (N-methyl/N-ethyl adjacent to an activating group) is 2. The number of amides is 2. The van der Waals surface area contributed by atoms with Crippen molar-refractivity contribution in [1.82, 2.24) is 9.80 Å². The Morgan fingerprint density at radius 3 is 2.22 bits per heavy atom. The largest absolute Gasteiger partial charge is 0.347 e. The van der Waals surface area contributed by atoms with Gasteiger partial charge in [0.25, 0.3) is 0 Å². The number of carbonyl (C=O) groups excluding carboxylic acids is 2. The highest BCUT2D eigenvalue weighted by atomic mass is 35.5. The molecule has 0 aromatic heterocycles. The summed E-state index contributed by atoms with van der Waals surface area (Å²) in [4.78, 5) is 26.4. The number of nitrogens with two attached hydrogens (primary N) is 1. The minimum Gasteiger partial charge on any atom is -0.347 e. The van der Waals surface area contributed by atoms with Crippen LogP contribution in [0.15, 0.2) is 0 Å². The van der Waals surface area contributed by atoms with Gasteiger partial charge in [-0.15, -0.1) is 12.4 Å². The van der Waals surface area contributed by atoms with Crippen LogP contribution in [-0.2, 0) is 9.59 Å². The maximum absolute atomic E-state index is 11.9. The van der Waals surface area contributed by atoms with E-state index in [2.05, 4.69) is 0 Å². The first-order valence-electron chi connectivity index (χ1n) is 6.11. The Bertz CT molecular complexity index is 297. The monoisotopic (exact) mass is 277 g/mol. The third kappa shape index (κ3) is 4.82. The van der Waals surface area contributed by atoms with Gasteiger partial charge in [0, 0.05) is 33.6 Å². The van der Waals surface area contributed by atoms with Crippen molar-refractivity contribution in [3.8, 4) is 0 Å². The maximum atomic E-state index is 11.9. The predicted molar refractivity (Wildman–Crippen MR) is 73.5 cm³/mol. The number of halogens is 1. The molecule has 1 saturated carbocycles. The van der Waals surface area contributed by atoms with Crippen LogP contribution in [-0.4, -0.2) is 55.3 Å². The van der Waals surface area contributed by atoms with Gasteiger partial charge in [-0.05, 0) is 18.8 Å². The third-order valence-corrected chi connectivity index (χ3v) is 3.45. The highest BCUT2D eigenvalue weighted by molar-refractivity contribution is 5.85. The average molecular weight is 278 g/mol. The second-order valence-electron chi connectivity index (χ2n) is 5.10. The molecule has 0 aromatic rings. The van der Waals surface area contributed by atoms with E-state index in [9.17, 15) is 9.59 Å². The van der Waals surface area contributed by atoms with Gasteiger partial charge in [-0.2, -0.15) is 0 Å². The Morgan fingerprint density at radius 1 is 1.17 bits per heavy atom. The molecule has 0 saturated heterocycles. The molecule has 5 nitrogen and oxygen atoms in total. The van der Waals surface area contributed by atoms with E-state index in [0.717, 1.165) is 19.3 Å². The minimum atomic E-state index is -0.0587. The van der Waals surface area contributed by atoms with Crippen molar-refractivity contribution in [2.45, 2.75) is 31.7 Å². The Hall–Kier alpha value is -0.810. The summed E-state index contributed by atoms with van der Waals surface area (Å²) in [6.45, 7) is 0.147. The van der Waals surface area contributed by atoms with Crippen molar-refractivity contribution in [2.24, 2.45) is 11.7 Å². The molecule has 0 aromatic carbocycles. The van der Waals surface area contributed by atoms with Gasteiger partial charge in [0.2, 0.25) is 11.8 Å². The summed E-state index contributed by atoms with van der Waals surface area (Å²) in [5, 5.41) is 0. The molecule has 6 heteroatoms. The van der Waals surface area contributed by atoms with Crippen molar-refractivity contribution < 1.29 is 9.59 Å². The van der Waals surface area contributed by atoms with Gasteiger partial charge in [-0.25, -0.2) is 0 Å². The van der Waals surface area contributed by atoms with Gasteiger partial charge >= 0.3 is 0 Å². The lowest BCUT2D eigenvalue weighted by molar-refractivity contribution is -0.138. The van der Waals surface area contributed by atoms with Crippen molar-refractivity contribution in [2.75, 3.05) is 27.7 Å². The maximum Gasteiger partial charge on any atom is 0.241 e. The zero-order valence-corrected chi connectivity index (χ0v) is 12.2. The van der Waals surface area contributed by atoms with Crippen LogP contribution in [0.5, 0.6) is 0 Å². The molecule has 0 spiro atoms. The quantitative estimate of drug-likeness (QED) is 0.812. The van der Waals surface area contributed by atoms with E-state index in [4.69, 9.17) is 5.73 Å². The van der Waals surface area contributed by atoms with E-state index in [-0.39, 0.29) is 36.8 Å². The van der Waals surface area contributed by atoms with Crippen molar-refractivity contribution in [3.05, 3.63) is 0 Å². The lowest BCUT2D eigenvalue weighted by atomic mass is 9.99. The summed E-state index contributed by atoms with van der Waals surface area (Å²) < 4.78 is 0. The van der Waals surface area contributed by atoms with Crippen molar-refractivity contribution in [3.63, 3.8) is 0 Å². The molecule has 106 valence electrons. The van der Waals surface area contributed by atoms with E-state index in [1.54, 1.807) is 21.1 Å². The number of carbonyl (C=O) groups is 2. The molecular formula is C12H24ClN3O2. The van der Waals surface area contributed by atoms with Crippen molar-refractivity contribution >= 4 is 24.2 Å². The first-order valence-corrected chi connectivity index (χ1v) is 6.11. The molecule has 0 bridgehead atoms. The van der Waals surface area contributed by atoms with Crippen LogP contribution in [0.1, 0.15) is 25.7 Å². The van der Waals surface area contributed by atoms with E-state index in [0.29, 0.717) is 12.3 Å².